The van der Waals surface area contributed by atoms with E-state index in [0.717, 1.165) is 11.6 Å². The molecule has 1 aromatic carbocycles. The highest BCUT2D eigenvalue weighted by atomic mass is 16.6. The fourth-order valence-electron chi connectivity index (χ4n) is 2.42. The van der Waals surface area contributed by atoms with Gasteiger partial charge in [-0.25, -0.2) is 4.79 Å². The van der Waals surface area contributed by atoms with Crippen molar-refractivity contribution in [1.82, 2.24) is 9.72 Å². The van der Waals surface area contributed by atoms with Crippen LogP contribution in [0.4, 0.5) is 5.69 Å². The average Bonchev–Trinajstić information content (AvgIpc) is 3.26. The number of benzene rings is 1. The van der Waals surface area contributed by atoms with Crippen LogP contribution in [0.25, 0.3) is 11.3 Å². The summed E-state index contributed by atoms with van der Waals surface area (Å²) in [6.45, 7) is -0.153. The van der Waals surface area contributed by atoms with E-state index in [-0.39, 0.29) is 18.0 Å². The molecule has 0 radical (unpaired) electrons. The summed E-state index contributed by atoms with van der Waals surface area (Å²) in [6, 6.07) is 10.1. The van der Waals surface area contributed by atoms with Gasteiger partial charge >= 0.3 is 5.97 Å². The van der Waals surface area contributed by atoms with Crippen molar-refractivity contribution in [3.63, 3.8) is 0 Å². The molecule has 0 aliphatic rings. The monoisotopic (exact) mass is 357 g/mol. The van der Waals surface area contributed by atoms with Crippen LogP contribution in [0, 0.1) is 10.1 Å². The van der Waals surface area contributed by atoms with E-state index in [0.29, 0.717) is 17.2 Å². The molecular weight excluding hydrogens is 342 g/mol. The second kappa shape index (κ2) is 7.09. The summed E-state index contributed by atoms with van der Waals surface area (Å²) in [4.78, 5) is 22.3. The summed E-state index contributed by atoms with van der Waals surface area (Å²) in [5, 5.41) is 14.7. The number of carbonyl (C=O) groups excluding carboxylic acids is 1. The molecule has 0 fully saturated rings. The maximum Gasteiger partial charge on any atom is 0.355 e. The number of esters is 1. The maximum absolute atomic E-state index is 12.1. The third-order valence-electron chi connectivity index (χ3n) is 3.70. The molecule has 3 rings (SSSR count). The van der Waals surface area contributed by atoms with Gasteiger partial charge in [-0.2, -0.15) is 0 Å². The number of nitro groups is 1. The third-order valence-corrected chi connectivity index (χ3v) is 3.70. The van der Waals surface area contributed by atoms with Crippen molar-refractivity contribution in [3.05, 3.63) is 64.2 Å². The Hall–Kier alpha value is -3.62. The molecule has 26 heavy (non-hydrogen) atoms. The molecule has 0 spiro atoms. The van der Waals surface area contributed by atoms with Gasteiger partial charge in [-0.05, 0) is 12.1 Å². The van der Waals surface area contributed by atoms with Gasteiger partial charge in [0.15, 0.2) is 12.4 Å². The largest absolute Gasteiger partial charge is 0.496 e. The second-order valence-corrected chi connectivity index (χ2v) is 5.41. The smallest absolute Gasteiger partial charge is 0.355 e. The minimum Gasteiger partial charge on any atom is -0.496 e. The molecule has 9 heteroatoms. The fraction of sp³-hybridized carbons (Fsp3) is 0.176. The number of ether oxygens (including phenoxy) is 2. The second-order valence-electron chi connectivity index (χ2n) is 5.41. The van der Waals surface area contributed by atoms with E-state index in [9.17, 15) is 14.9 Å². The van der Waals surface area contributed by atoms with E-state index < -0.39 is 10.9 Å². The number of aromatic nitrogens is 2. The first-order chi connectivity index (χ1) is 12.5. The Morgan fingerprint density at radius 3 is 2.81 bits per heavy atom. The van der Waals surface area contributed by atoms with Gasteiger partial charge in [-0.15, -0.1) is 0 Å². The predicted octanol–water partition coefficient (Wildman–Crippen LogP) is 2.95. The van der Waals surface area contributed by atoms with Crippen LogP contribution in [-0.4, -0.2) is 27.7 Å². The Kier molecular flexibility index (Phi) is 4.70. The van der Waals surface area contributed by atoms with Gasteiger partial charge in [0.2, 0.25) is 0 Å². The lowest BCUT2D eigenvalue weighted by Gasteiger charge is -2.04. The molecule has 2 heterocycles. The van der Waals surface area contributed by atoms with Crippen molar-refractivity contribution in [2.24, 2.45) is 7.05 Å². The molecule has 134 valence electrons. The van der Waals surface area contributed by atoms with E-state index in [4.69, 9.17) is 14.0 Å². The molecule has 0 saturated carbocycles. The third kappa shape index (κ3) is 3.41. The van der Waals surface area contributed by atoms with E-state index in [1.165, 1.54) is 17.8 Å². The number of nitrogens with zero attached hydrogens (tertiary/aromatic N) is 3. The number of hydrogen-bond donors (Lipinski definition) is 0. The topological polar surface area (TPSA) is 110 Å². The van der Waals surface area contributed by atoms with E-state index >= 15 is 0 Å². The predicted molar refractivity (Wildman–Crippen MR) is 89.7 cm³/mol. The van der Waals surface area contributed by atoms with Gasteiger partial charge in [0.25, 0.3) is 5.69 Å². The first-order valence-electron chi connectivity index (χ1n) is 7.56. The molecule has 0 N–H and O–H groups in total. The van der Waals surface area contributed by atoms with Gasteiger partial charge in [-0.1, -0.05) is 17.3 Å². The van der Waals surface area contributed by atoms with Crippen molar-refractivity contribution < 1.29 is 23.7 Å². The molecule has 0 aliphatic heterocycles. The minimum atomic E-state index is -0.698. The highest BCUT2D eigenvalue weighted by Gasteiger charge is 2.19. The van der Waals surface area contributed by atoms with E-state index in [1.54, 1.807) is 19.2 Å². The summed E-state index contributed by atoms with van der Waals surface area (Å²) in [5.41, 5.74) is 1.18. The number of rotatable bonds is 6. The summed E-state index contributed by atoms with van der Waals surface area (Å²) in [5.74, 6) is 0.277. The Bertz CT molecular complexity index is 959. The zero-order valence-electron chi connectivity index (χ0n) is 14.0. The molecule has 0 unspecified atom stereocenters. The summed E-state index contributed by atoms with van der Waals surface area (Å²) < 4.78 is 16.9. The minimum absolute atomic E-state index is 0.0705. The molecule has 0 atom stereocenters. The molecule has 2 aromatic heterocycles. The van der Waals surface area contributed by atoms with Gasteiger partial charge in [0.05, 0.1) is 18.2 Å². The van der Waals surface area contributed by atoms with Crippen molar-refractivity contribution in [2.45, 2.75) is 6.61 Å². The zero-order valence-corrected chi connectivity index (χ0v) is 14.0. The Morgan fingerprint density at radius 2 is 2.12 bits per heavy atom. The van der Waals surface area contributed by atoms with E-state index in [2.05, 4.69) is 5.16 Å². The maximum atomic E-state index is 12.1. The molecule has 0 aliphatic carbocycles. The van der Waals surface area contributed by atoms with Crippen molar-refractivity contribution in [2.75, 3.05) is 7.11 Å². The Morgan fingerprint density at radius 1 is 1.35 bits per heavy atom. The first-order valence-corrected chi connectivity index (χ1v) is 7.56. The number of methoxy groups -OCH3 is 1. The van der Waals surface area contributed by atoms with Crippen LogP contribution in [0.2, 0.25) is 0 Å². The summed E-state index contributed by atoms with van der Waals surface area (Å²) >= 11 is 0. The van der Waals surface area contributed by atoms with Crippen molar-refractivity contribution in [3.8, 4) is 17.0 Å². The molecule has 0 amide bonds. The standard InChI is InChI=1S/C17H15N3O6/c1-19-9-11(20(22)23)7-15(19)17(21)25-10-12-8-14(18-26-12)13-5-3-4-6-16(13)24-2/h3-9H,10H2,1-2H3. The normalized spacial score (nSPS) is 10.5. The van der Waals surface area contributed by atoms with Crippen LogP contribution < -0.4 is 4.74 Å². The number of para-hydroxylation sites is 1. The Balaban J connectivity index is 1.70. The number of hydrogen-bond acceptors (Lipinski definition) is 7. The lowest BCUT2D eigenvalue weighted by molar-refractivity contribution is -0.384. The van der Waals surface area contributed by atoms with Gasteiger partial charge < -0.3 is 18.6 Å². The SMILES string of the molecule is COc1ccccc1-c1cc(COC(=O)c2cc([N+](=O)[O-])cn2C)on1. The van der Waals surface area contributed by atoms with Gasteiger partial charge in [0.1, 0.15) is 17.1 Å². The zero-order chi connectivity index (χ0) is 18.7. The van der Waals surface area contributed by atoms with Crippen LogP contribution in [0.1, 0.15) is 16.2 Å². The Labute approximate surface area is 147 Å². The molecule has 3 aromatic rings. The van der Waals surface area contributed by atoms with Crippen molar-refractivity contribution in [1.29, 1.82) is 0 Å². The fourth-order valence-corrected chi connectivity index (χ4v) is 2.42. The number of aryl methyl sites for hydroxylation is 1. The van der Waals surface area contributed by atoms with Gasteiger partial charge in [-0.3, -0.25) is 10.1 Å². The highest BCUT2D eigenvalue weighted by molar-refractivity contribution is 5.88. The number of carbonyl (C=O) groups is 1. The van der Waals surface area contributed by atoms with Crippen LogP contribution in [0.3, 0.4) is 0 Å². The molecular formula is C17H15N3O6. The van der Waals surface area contributed by atoms with Gasteiger partial charge in [0, 0.05) is 24.7 Å². The van der Waals surface area contributed by atoms with Crippen LogP contribution in [0.5, 0.6) is 5.75 Å². The summed E-state index contributed by atoms with van der Waals surface area (Å²) in [7, 11) is 3.08. The summed E-state index contributed by atoms with van der Waals surface area (Å²) in [6.07, 6.45) is 1.24. The highest BCUT2D eigenvalue weighted by Crippen LogP contribution is 2.29. The van der Waals surface area contributed by atoms with E-state index in [1.807, 2.05) is 18.2 Å². The lowest BCUT2D eigenvalue weighted by atomic mass is 10.1. The van der Waals surface area contributed by atoms with Crippen LogP contribution in [-0.2, 0) is 18.4 Å². The van der Waals surface area contributed by atoms with Crippen LogP contribution in [0.15, 0.2) is 47.1 Å². The lowest BCUT2D eigenvalue weighted by Crippen LogP contribution is -2.09. The quantitative estimate of drug-likeness (QED) is 0.379. The first kappa shape index (κ1) is 17.2. The molecule has 0 bridgehead atoms. The molecule has 0 saturated heterocycles. The van der Waals surface area contributed by atoms with Crippen LogP contribution >= 0.6 is 0 Å². The molecule has 9 nitrogen and oxygen atoms in total. The average molecular weight is 357 g/mol. The van der Waals surface area contributed by atoms with Crippen molar-refractivity contribution >= 4 is 11.7 Å².